The highest BCUT2D eigenvalue weighted by Crippen LogP contribution is 2.29. The third kappa shape index (κ3) is 2.82. The highest BCUT2D eigenvalue weighted by Gasteiger charge is 2.21. The normalized spacial score (nSPS) is 12.0. The van der Waals surface area contributed by atoms with Crippen LogP contribution in [0.1, 0.15) is 25.3 Å². The molecule has 0 aliphatic carbocycles. The monoisotopic (exact) mass is 347 g/mol. The van der Waals surface area contributed by atoms with Crippen LogP contribution in [0.2, 0.25) is 0 Å². The lowest BCUT2D eigenvalue weighted by atomic mass is 10.0. The van der Waals surface area contributed by atoms with Crippen LogP contribution >= 0.6 is 0 Å². The highest BCUT2D eigenvalue weighted by atomic mass is 32.2. The van der Waals surface area contributed by atoms with Gasteiger partial charge in [-0.3, -0.25) is 4.57 Å². The summed E-state index contributed by atoms with van der Waals surface area (Å²) in [4.78, 5) is 11.5. The van der Waals surface area contributed by atoms with Crippen molar-refractivity contribution in [3.05, 3.63) is 58.6 Å². The van der Waals surface area contributed by atoms with Crippen molar-refractivity contribution in [2.24, 2.45) is 7.05 Å². The molecule has 6 nitrogen and oxygen atoms in total. The van der Waals surface area contributed by atoms with E-state index >= 15 is 0 Å². The van der Waals surface area contributed by atoms with E-state index in [0.717, 1.165) is 5.56 Å². The number of hydrogen-bond donors (Lipinski definition) is 0. The second-order valence-electron chi connectivity index (χ2n) is 5.79. The van der Waals surface area contributed by atoms with Crippen molar-refractivity contribution in [1.82, 2.24) is 4.57 Å². The van der Waals surface area contributed by atoms with Crippen molar-refractivity contribution >= 4 is 21.2 Å². The number of benzene rings is 2. The van der Waals surface area contributed by atoms with E-state index in [9.17, 15) is 13.2 Å². The minimum Gasteiger partial charge on any atom is -0.408 e. The van der Waals surface area contributed by atoms with E-state index in [1.54, 1.807) is 19.2 Å². The number of oxazole rings is 1. The SMILES string of the molecule is CC(C)c1ccccc1OS(=O)(=O)c1ccc2c(c1)oc(=O)n2C. The van der Waals surface area contributed by atoms with E-state index in [1.165, 1.54) is 22.8 Å². The van der Waals surface area contributed by atoms with Crippen molar-refractivity contribution in [2.75, 3.05) is 0 Å². The van der Waals surface area contributed by atoms with Crippen LogP contribution in [0.25, 0.3) is 11.1 Å². The number of aromatic nitrogens is 1. The van der Waals surface area contributed by atoms with Crippen molar-refractivity contribution in [3.63, 3.8) is 0 Å². The molecule has 3 rings (SSSR count). The summed E-state index contributed by atoms with van der Waals surface area (Å²) in [6, 6.07) is 11.2. The van der Waals surface area contributed by atoms with Crippen LogP contribution in [0.3, 0.4) is 0 Å². The number of hydrogen-bond acceptors (Lipinski definition) is 5. The molecule has 0 bridgehead atoms. The molecule has 126 valence electrons. The van der Waals surface area contributed by atoms with Crippen molar-refractivity contribution in [1.29, 1.82) is 0 Å². The summed E-state index contributed by atoms with van der Waals surface area (Å²) < 4.78 is 36.8. The first-order chi connectivity index (χ1) is 11.3. The Hall–Kier alpha value is -2.54. The Labute approximate surface area is 139 Å². The van der Waals surface area contributed by atoms with Gasteiger partial charge in [0.2, 0.25) is 0 Å². The Morgan fingerprint density at radius 3 is 2.54 bits per heavy atom. The Balaban J connectivity index is 2.04. The Kier molecular flexibility index (Phi) is 3.96. The van der Waals surface area contributed by atoms with Gasteiger partial charge in [-0.2, -0.15) is 8.42 Å². The molecular formula is C17H17NO5S. The van der Waals surface area contributed by atoms with Gasteiger partial charge < -0.3 is 8.60 Å². The van der Waals surface area contributed by atoms with E-state index in [4.69, 9.17) is 8.60 Å². The standard InChI is InChI=1S/C17H17NO5S/c1-11(2)13-6-4-5-7-15(13)23-24(20,21)12-8-9-14-16(10-12)22-17(19)18(14)3/h4-11H,1-3H3. The summed E-state index contributed by atoms with van der Waals surface area (Å²) in [6.07, 6.45) is 0. The second-order valence-corrected chi connectivity index (χ2v) is 7.33. The molecule has 0 aliphatic heterocycles. The average molecular weight is 347 g/mol. The molecule has 0 unspecified atom stereocenters. The zero-order chi connectivity index (χ0) is 17.5. The van der Waals surface area contributed by atoms with Crippen LogP contribution < -0.4 is 9.94 Å². The highest BCUT2D eigenvalue weighted by molar-refractivity contribution is 7.87. The molecule has 1 aromatic heterocycles. The van der Waals surface area contributed by atoms with E-state index in [2.05, 4.69) is 0 Å². The van der Waals surface area contributed by atoms with Crippen LogP contribution in [0.4, 0.5) is 0 Å². The Morgan fingerprint density at radius 2 is 1.83 bits per heavy atom. The van der Waals surface area contributed by atoms with Gasteiger partial charge in [0.25, 0.3) is 0 Å². The zero-order valence-corrected chi connectivity index (χ0v) is 14.3. The molecule has 0 amide bonds. The summed E-state index contributed by atoms with van der Waals surface area (Å²) in [5.41, 5.74) is 1.51. The molecule has 0 saturated heterocycles. The number of fused-ring (bicyclic) bond motifs is 1. The van der Waals surface area contributed by atoms with Gasteiger partial charge >= 0.3 is 15.9 Å². The first-order valence-corrected chi connectivity index (χ1v) is 8.83. The van der Waals surface area contributed by atoms with Crippen LogP contribution in [-0.4, -0.2) is 13.0 Å². The van der Waals surface area contributed by atoms with Crippen molar-refractivity contribution in [3.8, 4) is 5.75 Å². The van der Waals surface area contributed by atoms with Gasteiger partial charge in [-0.25, -0.2) is 4.79 Å². The predicted molar refractivity (Wildman–Crippen MR) is 89.8 cm³/mol. The fraction of sp³-hybridized carbons (Fsp3) is 0.235. The van der Waals surface area contributed by atoms with Crippen LogP contribution in [0, 0.1) is 0 Å². The lowest BCUT2D eigenvalue weighted by Gasteiger charge is -2.13. The smallest absolute Gasteiger partial charge is 0.408 e. The average Bonchev–Trinajstić information content (AvgIpc) is 2.81. The minimum absolute atomic E-state index is 0.0668. The third-order valence-corrected chi connectivity index (χ3v) is 5.02. The summed E-state index contributed by atoms with van der Waals surface area (Å²) in [5.74, 6) is -0.140. The molecule has 1 heterocycles. The van der Waals surface area contributed by atoms with Gasteiger partial charge in [0.1, 0.15) is 10.6 Å². The van der Waals surface area contributed by atoms with E-state index in [0.29, 0.717) is 11.3 Å². The molecule has 3 aromatic rings. The second kappa shape index (κ2) is 5.83. The molecule has 0 radical (unpaired) electrons. The van der Waals surface area contributed by atoms with E-state index in [1.807, 2.05) is 26.0 Å². The molecule has 0 saturated carbocycles. The number of rotatable bonds is 4. The molecule has 0 aliphatic rings. The summed E-state index contributed by atoms with van der Waals surface area (Å²) >= 11 is 0. The molecule has 0 atom stereocenters. The van der Waals surface area contributed by atoms with Gasteiger partial charge in [-0.15, -0.1) is 0 Å². The molecule has 2 aromatic carbocycles. The molecule has 0 fully saturated rings. The quantitative estimate of drug-likeness (QED) is 0.678. The van der Waals surface area contributed by atoms with Crippen LogP contribution in [0.5, 0.6) is 5.75 Å². The van der Waals surface area contributed by atoms with Gasteiger partial charge in [0.15, 0.2) is 5.58 Å². The van der Waals surface area contributed by atoms with Gasteiger partial charge in [0.05, 0.1) is 5.52 Å². The summed E-state index contributed by atoms with van der Waals surface area (Å²) in [5, 5.41) is 0. The minimum atomic E-state index is -4.04. The predicted octanol–water partition coefficient (Wildman–Crippen LogP) is 3.02. The Bertz CT molecular complexity index is 1060. The molecular weight excluding hydrogens is 330 g/mol. The number of aryl methyl sites for hydroxylation is 1. The lowest BCUT2D eigenvalue weighted by molar-refractivity contribution is 0.480. The maximum atomic E-state index is 12.6. The summed E-state index contributed by atoms with van der Waals surface area (Å²) in [7, 11) is -2.48. The topological polar surface area (TPSA) is 78.5 Å². The first-order valence-electron chi connectivity index (χ1n) is 7.42. The molecule has 0 N–H and O–H groups in total. The van der Waals surface area contributed by atoms with Crippen molar-refractivity contribution in [2.45, 2.75) is 24.7 Å². The van der Waals surface area contributed by atoms with Crippen LogP contribution in [0.15, 0.2) is 56.6 Å². The summed E-state index contributed by atoms with van der Waals surface area (Å²) in [6.45, 7) is 3.92. The van der Waals surface area contributed by atoms with E-state index < -0.39 is 15.9 Å². The number of nitrogens with zero attached hydrogens (tertiary/aromatic N) is 1. The lowest BCUT2D eigenvalue weighted by Crippen LogP contribution is -2.11. The van der Waals surface area contributed by atoms with Gasteiger partial charge in [-0.1, -0.05) is 32.0 Å². The third-order valence-electron chi connectivity index (χ3n) is 3.79. The fourth-order valence-electron chi connectivity index (χ4n) is 2.47. The molecule has 7 heteroatoms. The van der Waals surface area contributed by atoms with Gasteiger partial charge in [0, 0.05) is 13.1 Å². The molecule has 0 spiro atoms. The first kappa shape index (κ1) is 16.3. The maximum Gasteiger partial charge on any atom is 0.419 e. The van der Waals surface area contributed by atoms with Crippen molar-refractivity contribution < 1.29 is 17.0 Å². The maximum absolute atomic E-state index is 12.6. The largest absolute Gasteiger partial charge is 0.419 e. The van der Waals surface area contributed by atoms with Gasteiger partial charge in [-0.05, 0) is 29.7 Å². The fourth-order valence-corrected chi connectivity index (χ4v) is 3.44. The molecule has 24 heavy (non-hydrogen) atoms. The Morgan fingerprint density at radius 1 is 1.12 bits per heavy atom. The zero-order valence-electron chi connectivity index (χ0n) is 13.5. The number of para-hydroxylation sites is 1. The van der Waals surface area contributed by atoms with E-state index in [-0.39, 0.29) is 16.4 Å². The van der Waals surface area contributed by atoms with Crippen LogP contribution in [-0.2, 0) is 17.2 Å².